The van der Waals surface area contributed by atoms with E-state index in [1.165, 1.54) is 5.01 Å². The highest BCUT2D eigenvalue weighted by molar-refractivity contribution is 7.00. The number of aromatic nitrogens is 4. The number of fused-ring (bicyclic) bond motifs is 2. The molecule has 3 amide bonds. The molecule has 2 aliphatic rings. The van der Waals surface area contributed by atoms with Crippen molar-refractivity contribution in [2.45, 2.75) is 32.2 Å². The van der Waals surface area contributed by atoms with Crippen molar-refractivity contribution in [2.24, 2.45) is 4.99 Å². The Labute approximate surface area is 199 Å². The van der Waals surface area contributed by atoms with E-state index in [1.54, 1.807) is 16.2 Å². The first-order valence-electron chi connectivity index (χ1n) is 11.3. The summed E-state index contributed by atoms with van der Waals surface area (Å²) in [6, 6.07) is 10.7. The van der Waals surface area contributed by atoms with E-state index in [0.29, 0.717) is 37.5 Å². The molecule has 4 heterocycles. The SMILES string of the molecule is CCCN=C1C(c2ccc3nsnc3c2)N(c2ccc3nc[nH]c3c2)C(=O)N1N1CCCC1=O. The van der Waals surface area contributed by atoms with Crippen LogP contribution < -0.4 is 4.90 Å². The number of hydrazine groups is 1. The number of amidine groups is 1. The Kier molecular flexibility index (Phi) is 4.98. The average molecular weight is 475 g/mol. The lowest BCUT2D eigenvalue weighted by molar-refractivity contribution is -0.134. The van der Waals surface area contributed by atoms with Gasteiger partial charge < -0.3 is 4.98 Å². The molecular weight excluding hydrogens is 452 g/mol. The van der Waals surface area contributed by atoms with Crippen molar-refractivity contribution in [3.05, 3.63) is 48.3 Å². The smallest absolute Gasteiger partial charge is 0.345 e. The number of nitrogens with zero attached hydrogens (tertiary/aromatic N) is 7. The Morgan fingerprint density at radius 2 is 1.97 bits per heavy atom. The van der Waals surface area contributed by atoms with Gasteiger partial charge in [0.05, 0.1) is 29.1 Å². The fourth-order valence-corrected chi connectivity index (χ4v) is 5.11. The normalized spacial score (nSPS) is 20.1. The van der Waals surface area contributed by atoms with Gasteiger partial charge in [-0.3, -0.25) is 14.7 Å². The molecule has 1 unspecified atom stereocenters. The molecule has 11 heteroatoms. The number of hydrogen-bond acceptors (Lipinski definition) is 7. The van der Waals surface area contributed by atoms with Crippen LogP contribution in [0.4, 0.5) is 10.5 Å². The monoisotopic (exact) mass is 474 g/mol. The summed E-state index contributed by atoms with van der Waals surface area (Å²) in [5, 5.41) is 3.03. The predicted octanol–water partition coefficient (Wildman–Crippen LogP) is 3.90. The Morgan fingerprint density at radius 3 is 2.79 bits per heavy atom. The summed E-state index contributed by atoms with van der Waals surface area (Å²) in [6.45, 7) is 3.08. The third kappa shape index (κ3) is 3.23. The topological polar surface area (TPSA) is 111 Å². The van der Waals surface area contributed by atoms with Gasteiger partial charge in [-0.05, 0) is 48.7 Å². The number of anilines is 1. The van der Waals surface area contributed by atoms with Gasteiger partial charge in [0.25, 0.3) is 0 Å². The molecule has 0 aliphatic carbocycles. The molecule has 0 spiro atoms. The number of hydrogen-bond donors (Lipinski definition) is 1. The molecule has 4 aromatic rings. The molecule has 2 saturated heterocycles. The molecule has 2 aromatic carbocycles. The number of urea groups is 1. The van der Waals surface area contributed by atoms with Crippen LogP contribution in [-0.2, 0) is 4.79 Å². The highest BCUT2D eigenvalue weighted by Gasteiger charge is 2.49. The lowest BCUT2D eigenvalue weighted by Crippen LogP contribution is -2.48. The number of rotatable bonds is 5. The van der Waals surface area contributed by atoms with Crippen LogP contribution in [0.3, 0.4) is 0 Å². The van der Waals surface area contributed by atoms with Crippen molar-refractivity contribution < 1.29 is 9.59 Å². The first kappa shape index (κ1) is 20.7. The third-order valence-corrected chi connectivity index (χ3v) is 6.73. The summed E-state index contributed by atoms with van der Waals surface area (Å²) in [5.41, 5.74) is 4.77. The molecule has 2 fully saturated rings. The van der Waals surface area contributed by atoms with E-state index in [4.69, 9.17) is 4.99 Å². The largest absolute Gasteiger partial charge is 0.350 e. The van der Waals surface area contributed by atoms with Crippen molar-refractivity contribution in [1.82, 2.24) is 28.7 Å². The molecule has 2 aliphatic heterocycles. The first-order valence-corrected chi connectivity index (χ1v) is 12.0. The summed E-state index contributed by atoms with van der Waals surface area (Å²) >= 11 is 1.15. The van der Waals surface area contributed by atoms with Crippen LogP contribution in [0.1, 0.15) is 37.8 Å². The number of benzene rings is 2. The van der Waals surface area contributed by atoms with E-state index in [0.717, 1.165) is 45.8 Å². The van der Waals surface area contributed by atoms with Crippen LogP contribution in [-0.4, -0.2) is 59.6 Å². The van der Waals surface area contributed by atoms with Crippen LogP contribution in [0.5, 0.6) is 0 Å². The second kappa shape index (κ2) is 8.17. The van der Waals surface area contributed by atoms with Crippen molar-refractivity contribution in [2.75, 3.05) is 18.0 Å². The third-order valence-electron chi connectivity index (χ3n) is 6.17. The minimum atomic E-state index is -0.515. The minimum absolute atomic E-state index is 0.0682. The zero-order valence-corrected chi connectivity index (χ0v) is 19.3. The van der Waals surface area contributed by atoms with Gasteiger partial charge in [-0.15, -0.1) is 0 Å². The molecule has 34 heavy (non-hydrogen) atoms. The van der Waals surface area contributed by atoms with Gasteiger partial charge in [0, 0.05) is 25.2 Å². The molecule has 172 valence electrons. The minimum Gasteiger partial charge on any atom is -0.345 e. The van der Waals surface area contributed by atoms with Crippen LogP contribution in [0.25, 0.3) is 22.1 Å². The number of nitrogens with one attached hydrogen (secondary N) is 1. The van der Waals surface area contributed by atoms with Crippen molar-refractivity contribution in [1.29, 1.82) is 0 Å². The average Bonchev–Trinajstić information content (AvgIpc) is 3.63. The second-order valence-electron chi connectivity index (χ2n) is 8.34. The van der Waals surface area contributed by atoms with Gasteiger partial charge in [-0.1, -0.05) is 13.0 Å². The number of aliphatic imine (C=N–C) groups is 1. The van der Waals surface area contributed by atoms with Crippen molar-refractivity contribution in [3.8, 4) is 0 Å². The fraction of sp³-hybridized carbons (Fsp3) is 0.304. The highest BCUT2D eigenvalue weighted by Crippen LogP contribution is 2.39. The zero-order valence-electron chi connectivity index (χ0n) is 18.5. The summed E-state index contributed by atoms with van der Waals surface area (Å²) in [4.78, 5) is 40.7. The maximum atomic E-state index is 14.0. The second-order valence-corrected chi connectivity index (χ2v) is 8.87. The van der Waals surface area contributed by atoms with Crippen LogP contribution in [0, 0.1) is 0 Å². The fourth-order valence-electron chi connectivity index (χ4n) is 4.59. The van der Waals surface area contributed by atoms with Gasteiger partial charge in [-0.25, -0.2) is 14.8 Å². The lowest BCUT2D eigenvalue weighted by atomic mass is 10.0. The molecular formula is C23H22N8O2S. The van der Waals surface area contributed by atoms with E-state index in [1.807, 2.05) is 43.3 Å². The van der Waals surface area contributed by atoms with E-state index >= 15 is 0 Å². The van der Waals surface area contributed by atoms with Crippen LogP contribution in [0.15, 0.2) is 47.7 Å². The van der Waals surface area contributed by atoms with Gasteiger partial charge in [-0.2, -0.15) is 13.8 Å². The van der Waals surface area contributed by atoms with Gasteiger partial charge >= 0.3 is 6.03 Å². The van der Waals surface area contributed by atoms with Gasteiger partial charge in [0.15, 0.2) is 5.84 Å². The molecule has 0 bridgehead atoms. The van der Waals surface area contributed by atoms with E-state index in [9.17, 15) is 9.59 Å². The summed E-state index contributed by atoms with van der Waals surface area (Å²) in [5.74, 6) is 0.482. The van der Waals surface area contributed by atoms with Crippen LogP contribution >= 0.6 is 11.7 Å². The zero-order chi connectivity index (χ0) is 23.2. The van der Waals surface area contributed by atoms with E-state index in [-0.39, 0.29) is 11.9 Å². The molecule has 2 aromatic heterocycles. The molecule has 0 radical (unpaired) electrons. The van der Waals surface area contributed by atoms with Crippen LogP contribution in [0.2, 0.25) is 0 Å². The predicted molar refractivity (Wildman–Crippen MR) is 130 cm³/mol. The Bertz CT molecular complexity index is 1440. The number of imidazole rings is 1. The summed E-state index contributed by atoms with van der Waals surface area (Å²) < 4.78 is 8.70. The molecule has 0 saturated carbocycles. The molecule has 1 N–H and O–H groups in total. The Hall–Kier alpha value is -3.86. The quantitative estimate of drug-likeness (QED) is 0.472. The van der Waals surface area contributed by atoms with E-state index in [2.05, 4.69) is 18.7 Å². The molecule has 6 rings (SSSR count). The number of amides is 3. The van der Waals surface area contributed by atoms with E-state index < -0.39 is 6.04 Å². The maximum absolute atomic E-state index is 14.0. The highest BCUT2D eigenvalue weighted by atomic mass is 32.1. The van der Waals surface area contributed by atoms with Gasteiger partial charge in [0.2, 0.25) is 5.91 Å². The number of carbonyl (C=O) groups excluding carboxylic acids is 2. The Balaban J connectivity index is 1.55. The standard InChI is InChI=1S/C23H22N8O2S/c1-2-9-24-22-21(14-5-7-17-19(11-14)28-34-27-17)30(15-6-8-16-18(12-15)26-13-25-16)23(33)31(22)29-10-3-4-20(29)32/h5-8,11-13,21H,2-4,9-10H2,1H3,(H,25,26). The Morgan fingerprint density at radius 1 is 1.12 bits per heavy atom. The molecule has 1 atom stereocenters. The van der Waals surface area contributed by atoms with Crippen molar-refractivity contribution >= 4 is 57.3 Å². The van der Waals surface area contributed by atoms with Crippen molar-refractivity contribution in [3.63, 3.8) is 0 Å². The first-order chi connectivity index (χ1) is 16.7. The lowest BCUT2D eigenvalue weighted by Gasteiger charge is -2.27. The maximum Gasteiger partial charge on any atom is 0.350 e. The molecule has 10 nitrogen and oxygen atoms in total. The number of aromatic amines is 1. The van der Waals surface area contributed by atoms with Gasteiger partial charge in [0.1, 0.15) is 17.1 Å². The summed E-state index contributed by atoms with van der Waals surface area (Å²) in [6.07, 6.45) is 3.59. The summed E-state index contributed by atoms with van der Waals surface area (Å²) in [7, 11) is 0. The number of carbonyl (C=O) groups is 2. The number of H-pyrrole nitrogens is 1.